The third-order valence-electron chi connectivity index (χ3n) is 4.21. The van der Waals surface area contributed by atoms with Crippen molar-refractivity contribution in [3.8, 4) is 0 Å². The van der Waals surface area contributed by atoms with Crippen LogP contribution in [0.25, 0.3) is 16.6 Å². The van der Waals surface area contributed by atoms with E-state index < -0.39 is 0 Å². The van der Waals surface area contributed by atoms with Crippen LogP contribution in [0, 0.1) is 5.82 Å². The van der Waals surface area contributed by atoms with Gasteiger partial charge in [0, 0.05) is 6.42 Å². The molecule has 2 aromatic carbocycles. The van der Waals surface area contributed by atoms with Crippen molar-refractivity contribution in [1.82, 2.24) is 9.97 Å². The molecule has 0 aliphatic heterocycles. The van der Waals surface area contributed by atoms with Gasteiger partial charge in [-0.2, -0.15) is 0 Å². The number of hydrogen-bond donors (Lipinski definition) is 1. The van der Waals surface area contributed by atoms with E-state index in [4.69, 9.17) is 0 Å². The highest BCUT2D eigenvalue weighted by molar-refractivity contribution is 5.89. The van der Waals surface area contributed by atoms with Crippen LogP contribution in [-0.4, -0.2) is 9.97 Å². The Kier molecular flexibility index (Phi) is 4.79. The molecule has 0 unspecified atom stereocenters. The van der Waals surface area contributed by atoms with Crippen molar-refractivity contribution in [3.63, 3.8) is 0 Å². The van der Waals surface area contributed by atoms with Gasteiger partial charge in [0.15, 0.2) is 0 Å². The fourth-order valence-corrected chi connectivity index (χ4v) is 3.17. The van der Waals surface area contributed by atoms with E-state index in [9.17, 15) is 4.39 Å². The summed E-state index contributed by atoms with van der Waals surface area (Å²) in [6.45, 7) is 6.15. The molecule has 0 radical (unpaired) electrons. The molecule has 0 bridgehead atoms. The summed E-state index contributed by atoms with van der Waals surface area (Å²) in [5.74, 6) is 0.874. The first-order valence-electron chi connectivity index (χ1n) is 8.72. The van der Waals surface area contributed by atoms with Crippen LogP contribution in [0.4, 0.5) is 4.39 Å². The minimum Gasteiger partial charge on any atom is -0.342 e. The van der Waals surface area contributed by atoms with Gasteiger partial charge in [-0.3, -0.25) is 0 Å². The SMILES string of the molecule is CC.CCCc1nc2ccc(C3=CCc4cc(F)ccc43)cc2[nH]1. The molecule has 0 saturated carbocycles. The predicted molar refractivity (Wildman–Crippen MR) is 98.6 cm³/mol. The Morgan fingerprint density at radius 1 is 1.12 bits per heavy atom. The molecule has 0 amide bonds. The number of aromatic nitrogens is 2. The second kappa shape index (κ2) is 7.00. The van der Waals surface area contributed by atoms with Crippen molar-refractivity contribution < 1.29 is 4.39 Å². The zero-order valence-corrected chi connectivity index (χ0v) is 14.5. The van der Waals surface area contributed by atoms with E-state index in [0.717, 1.165) is 52.8 Å². The molecule has 0 fully saturated rings. The fourth-order valence-electron chi connectivity index (χ4n) is 3.17. The number of hydrogen-bond acceptors (Lipinski definition) is 1. The predicted octanol–water partition coefficient (Wildman–Crippen LogP) is 5.67. The van der Waals surface area contributed by atoms with Gasteiger partial charge in [0.1, 0.15) is 11.6 Å². The number of aryl methyl sites for hydroxylation is 1. The molecule has 1 aliphatic rings. The molecule has 1 heterocycles. The molecule has 1 aliphatic carbocycles. The molecule has 3 aromatic rings. The molecule has 0 saturated heterocycles. The summed E-state index contributed by atoms with van der Waals surface area (Å²) in [6, 6.07) is 11.3. The Morgan fingerprint density at radius 3 is 2.75 bits per heavy atom. The monoisotopic (exact) mass is 322 g/mol. The van der Waals surface area contributed by atoms with Crippen LogP contribution >= 0.6 is 0 Å². The van der Waals surface area contributed by atoms with Gasteiger partial charge in [0.05, 0.1) is 11.0 Å². The Balaban J connectivity index is 0.000000815. The lowest BCUT2D eigenvalue weighted by atomic mass is 9.99. The average molecular weight is 322 g/mol. The summed E-state index contributed by atoms with van der Waals surface area (Å²) in [5, 5.41) is 0. The maximum Gasteiger partial charge on any atom is 0.123 e. The zero-order valence-electron chi connectivity index (χ0n) is 14.5. The lowest BCUT2D eigenvalue weighted by molar-refractivity contribution is 0.626. The van der Waals surface area contributed by atoms with E-state index in [1.807, 2.05) is 19.9 Å². The third kappa shape index (κ3) is 2.99. The smallest absolute Gasteiger partial charge is 0.123 e. The Hall–Kier alpha value is -2.42. The van der Waals surface area contributed by atoms with Crippen LogP contribution in [0.2, 0.25) is 0 Å². The molecule has 24 heavy (non-hydrogen) atoms. The highest BCUT2D eigenvalue weighted by Gasteiger charge is 2.16. The van der Waals surface area contributed by atoms with Gasteiger partial charge < -0.3 is 4.98 Å². The molecule has 2 nitrogen and oxygen atoms in total. The van der Waals surface area contributed by atoms with E-state index in [0.29, 0.717) is 0 Å². The summed E-state index contributed by atoms with van der Waals surface area (Å²) in [6.07, 6.45) is 5.02. The van der Waals surface area contributed by atoms with Crippen LogP contribution in [-0.2, 0) is 12.8 Å². The van der Waals surface area contributed by atoms with Crippen LogP contribution in [0.3, 0.4) is 0 Å². The van der Waals surface area contributed by atoms with Crippen molar-refractivity contribution >= 4 is 16.6 Å². The molecule has 1 aromatic heterocycles. The zero-order chi connectivity index (χ0) is 17.1. The molecule has 4 rings (SSSR count). The molecular weight excluding hydrogens is 299 g/mol. The van der Waals surface area contributed by atoms with Gasteiger partial charge in [0.25, 0.3) is 0 Å². The minimum atomic E-state index is -0.165. The molecule has 1 N–H and O–H groups in total. The maximum atomic E-state index is 13.3. The standard InChI is InChI=1S/C19H17FN2.C2H6/c1-2-3-19-21-17-9-5-13(11-18(17)22-19)15-7-4-12-10-14(20)6-8-16(12)15;1-2/h5-11H,2-4H2,1H3,(H,21,22);1-2H3. The lowest BCUT2D eigenvalue weighted by Gasteiger charge is -2.06. The Morgan fingerprint density at radius 2 is 1.96 bits per heavy atom. The Bertz CT molecular complexity index is 890. The lowest BCUT2D eigenvalue weighted by Crippen LogP contribution is -1.88. The average Bonchev–Trinajstić information content (AvgIpc) is 3.19. The quantitative estimate of drug-likeness (QED) is 0.661. The van der Waals surface area contributed by atoms with Crippen molar-refractivity contribution in [1.29, 1.82) is 0 Å². The largest absolute Gasteiger partial charge is 0.342 e. The highest BCUT2D eigenvalue weighted by Crippen LogP contribution is 2.34. The maximum absolute atomic E-state index is 13.3. The Labute approximate surface area is 142 Å². The summed E-state index contributed by atoms with van der Waals surface area (Å²) in [7, 11) is 0. The van der Waals surface area contributed by atoms with Crippen molar-refractivity contribution in [2.75, 3.05) is 0 Å². The first kappa shape index (κ1) is 16.4. The van der Waals surface area contributed by atoms with Crippen LogP contribution < -0.4 is 0 Å². The summed E-state index contributed by atoms with van der Waals surface area (Å²) >= 11 is 0. The molecule has 0 atom stereocenters. The second-order valence-corrected chi connectivity index (χ2v) is 5.79. The number of halogens is 1. The van der Waals surface area contributed by atoms with Crippen molar-refractivity contribution in [2.24, 2.45) is 0 Å². The molecule has 0 spiro atoms. The van der Waals surface area contributed by atoms with Crippen LogP contribution in [0.5, 0.6) is 0 Å². The molecule has 3 heteroatoms. The van der Waals surface area contributed by atoms with Crippen molar-refractivity contribution in [2.45, 2.75) is 40.0 Å². The normalized spacial score (nSPS) is 12.6. The molecule has 124 valence electrons. The topological polar surface area (TPSA) is 28.7 Å². The number of imidazole rings is 1. The molecular formula is C21H23FN2. The number of aromatic amines is 1. The third-order valence-corrected chi connectivity index (χ3v) is 4.21. The number of nitrogens with zero attached hydrogens (tertiary/aromatic N) is 1. The first-order chi connectivity index (χ1) is 11.7. The van der Waals surface area contributed by atoms with E-state index in [-0.39, 0.29) is 5.82 Å². The van der Waals surface area contributed by atoms with Gasteiger partial charge >= 0.3 is 0 Å². The summed E-state index contributed by atoms with van der Waals surface area (Å²) in [5.41, 5.74) is 6.61. The highest BCUT2D eigenvalue weighted by atomic mass is 19.1. The van der Waals surface area contributed by atoms with Crippen molar-refractivity contribution in [3.05, 3.63) is 70.8 Å². The number of rotatable bonds is 3. The van der Waals surface area contributed by atoms with E-state index in [1.54, 1.807) is 6.07 Å². The van der Waals surface area contributed by atoms with E-state index in [1.165, 1.54) is 11.6 Å². The summed E-state index contributed by atoms with van der Waals surface area (Å²) < 4.78 is 13.3. The van der Waals surface area contributed by atoms with E-state index >= 15 is 0 Å². The van der Waals surface area contributed by atoms with Gasteiger partial charge in [-0.25, -0.2) is 9.37 Å². The minimum absolute atomic E-state index is 0.165. The second-order valence-electron chi connectivity index (χ2n) is 5.79. The fraction of sp³-hybridized carbons (Fsp3) is 0.286. The number of H-pyrrole nitrogens is 1. The number of fused-ring (bicyclic) bond motifs is 2. The van der Waals surface area contributed by atoms with Gasteiger partial charge in [0.2, 0.25) is 0 Å². The van der Waals surface area contributed by atoms with E-state index in [2.05, 4.69) is 41.2 Å². The number of benzene rings is 2. The van der Waals surface area contributed by atoms with Gasteiger partial charge in [-0.05, 0) is 59.4 Å². The van der Waals surface area contributed by atoms with Gasteiger partial charge in [-0.15, -0.1) is 0 Å². The van der Waals surface area contributed by atoms with Crippen LogP contribution in [0.15, 0.2) is 42.5 Å². The first-order valence-corrected chi connectivity index (χ1v) is 8.72. The van der Waals surface area contributed by atoms with Gasteiger partial charge in [-0.1, -0.05) is 39.0 Å². The summed E-state index contributed by atoms with van der Waals surface area (Å²) in [4.78, 5) is 8.00. The van der Waals surface area contributed by atoms with Crippen LogP contribution in [0.1, 0.15) is 49.7 Å². The number of nitrogens with one attached hydrogen (secondary N) is 1. The number of allylic oxidation sites excluding steroid dienone is 1.